The lowest BCUT2D eigenvalue weighted by molar-refractivity contribution is 0.0514. The molecule has 0 aliphatic rings. The van der Waals surface area contributed by atoms with Gasteiger partial charge in [0, 0.05) is 22.2 Å². The quantitative estimate of drug-likeness (QED) is 0.406. The van der Waals surface area contributed by atoms with Crippen molar-refractivity contribution in [3.63, 3.8) is 0 Å². The Bertz CT molecular complexity index is 1160. The average Bonchev–Trinajstić information content (AvgIpc) is 3.23. The van der Waals surface area contributed by atoms with Crippen molar-refractivity contribution in [3.05, 3.63) is 54.2 Å². The monoisotopic (exact) mass is 448 g/mol. The molecular weight excluding hydrogens is 428 g/mol. The number of aromatic nitrogens is 1. The summed E-state index contributed by atoms with van der Waals surface area (Å²) in [5, 5.41) is 3.68. The van der Waals surface area contributed by atoms with Crippen LogP contribution in [0.1, 0.15) is 17.4 Å². The highest BCUT2D eigenvalue weighted by atomic mass is 32.2. The number of rotatable bonds is 8. The van der Waals surface area contributed by atoms with E-state index in [2.05, 4.69) is 9.88 Å². The number of carbonyl (C=O) groups is 1. The van der Waals surface area contributed by atoms with Crippen LogP contribution in [-0.2, 0) is 14.8 Å². The number of hydrogen-bond acceptors (Lipinski definition) is 8. The van der Waals surface area contributed by atoms with Gasteiger partial charge in [-0.05, 0) is 49.6 Å². The lowest BCUT2D eigenvalue weighted by Crippen LogP contribution is -2.14. The van der Waals surface area contributed by atoms with E-state index >= 15 is 0 Å². The van der Waals surface area contributed by atoms with Gasteiger partial charge in [0.1, 0.15) is 10.6 Å². The molecule has 0 radical (unpaired) electrons. The SMILES string of the molecule is CCOC(=O)c1cc(-c2ccc(OC)c(S(=O)(=O)Nc3cccc(SC)c3)c2)on1. The van der Waals surface area contributed by atoms with E-state index in [9.17, 15) is 13.2 Å². The third-order valence-corrected chi connectivity index (χ3v) is 6.18. The number of hydrogen-bond donors (Lipinski definition) is 1. The molecule has 0 fully saturated rings. The van der Waals surface area contributed by atoms with Crippen LogP contribution in [0, 0.1) is 0 Å². The topological polar surface area (TPSA) is 108 Å². The Hall–Kier alpha value is -2.98. The maximum absolute atomic E-state index is 13.0. The third-order valence-electron chi connectivity index (χ3n) is 4.05. The lowest BCUT2D eigenvalue weighted by Gasteiger charge is -2.13. The summed E-state index contributed by atoms with van der Waals surface area (Å²) in [6.45, 7) is 1.89. The molecule has 0 amide bonds. The number of ether oxygens (including phenoxy) is 2. The molecule has 3 aromatic rings. The molecule has 1 aromatic heterocycles. The molecule has 0 bridgehead atoms. The third kappa shape index (κ3) is 4.77. The second-order valence-corrected chi connectivity index (χ2v) is 8.53. The molecule has 8 nitrogen and oxygen atoms in total. The number of thioether (sulfide) groups is 1. The molecule has 0 aliphatic carbocycles. The second kappa shape index (κ2) is 9.23. The van der Waals surface area contributed by atoms with Crippen LogP contribution in [0.15, 0.2) is 62.8 Å². The van der Waals surface area contributed by atoms with E-state index in [1.54, 1.807) is 31.2 Å². The first kappa shape index (κ1) is 21.7. The molecule has 0 saturated carbocycles. The Morgan fingerprint density at radius 1 is 1.20 bits per heavy atom. The molecular formula is C20H20N2O6S2. The van der Waals surface area contributed by atoms with Gasteiger partial charge in [-0.25, -0.2) is 13.2 Å². The van der Waals surface area contributed by atoms with Crippen LogP contribution in [0.5, 0.6) is 5.75 Å². The number of benzene rings is 2. The van der Waals surface area contributed by atoms with Crippen LogP contribution in [0.25, 0.3) is 11.3 Å². The minimum atomic E-state index is -3.97. The van der Waals surface area contributed by atoms with Gasteiger partial charge in [-0.3, -0.25) is 4.72 Å². The fourth-order valence-corrected chi connectivity index (χ4v) is 4.35. The Morgan fingerprint density at radius 2 is 2.00 bits per heavy atom. The number of nitrogens with one attached hydrogen (secondary N) is 1. The minimum absolute atomic E-state index is 0.000851. The summed E-state index contributed by atoms with van der Waals surface area (Å²) in [5.74, 6) is -0.233. The van der Waals surface area contributed by atoms with Crippen molar-refractivity contribution < 1.29 is 27.2 Å². The van der Waals surface area contributed by atoms with Crippen molar-refractivity contribution in [2.45, 2.75) is 16.7 Å². The van der Waals surface area contributed by atoms with E-state index in [1.165, 1.54) is 37.1 Å². The average molecular weight is 449 g/mol. The predicted molar refractivity (Wildman–Crippen MR) is 113 cm³/mol. The van der Waals surface area contributed by atoms with E-state index in [-0.39, 0.29) is 28.7 Å². The van der Waals surface area contributed by atoms with Gasteiger partial charge < -0.3 is 14.0 Å². The van der Waals surface area contributed by atoms with Gasteiger partial charge in [-0.2, -0.15) is 0 Å². The zero-order chi connectivity index (χ0) is 21.7. The molecule has 30 heavy (non-hydrogen) atoms. The Morgan fingerprint density at radius 3 is 2.70 bits per heavy atom. The van der Waals surface area contributed by atoms with Crippen LogP contribution in [0.4, 0.5) is 5.69 Å². The lowest BCUT2D eigenvalue weighted by atomic mass is 10.1. The zero-order valence-corrected chi connectivity index (χ0v) is 18.2. The van der Waals surface area contributed by atoms with Crippen LogP contribution in [-0.4, -0.2) is 39.5 Å². The summed E-state index contributed by atoms with van der Waals surface area (Å²) in [6.07, 6.45) is 1.90. The molecule has 0 unspecified atom stereocenters. The summed E-state index contributed by atoms with van der Waals surface area (Å²) in [6, 6.07) is 13.0. The Balaban J connectivity index is 1.97. The summed E-state index contributed by atoms with van der Waals surface area (Å²) >= 11 is 1.50. The molecule has 2 aromatic carbocycles. The molecule has 1 heterocycles. The van der Waals surface area contributed by atoms with Crippen molar-refractivity contribution in [3.8, 4) is 17.1 Å². The van der Waals surface area contributed by atoms with Crippen molar-refractivity contribution in [1.29, 1.82) is 0 Å². The molecule has 0 spiro atoms. The first-order chi connectivity index (χ1) is 14.4. The first-order valence-electron chi connectivity index (χ1n) is 8.87. The zero-order valence-electron chi connectivity index (χ0n) is 16.5. The Labute approximate surface area is 178 Å². The number of anilines is 1. The standard InChI is InChI=1S/C20H20N2O6S2/c1-4-27-20(23)16-12-18(28-21-16)13-8-9-17(26-2)19(10-13)30(24,25)22-14-6-5-7-15(11-14)29-3/h5-12,22H,4H2,1-3H3. The number of sulfonamides is 1. The highest BCUT2D eigenvalue weighted by molar-refractivity contribution is 7.98. The highest BCUT2D eigenvalue weighted by Gasteiger charge is 2.23. The first-order valence-corrected chi connectivity index (χ1v) is 11.6. The second-order valence-electron chi connectivity index (χ2n) is 6.00. The minimum Gasteiger partial charge on any atom is -0.495 e. The number of esters is 1. The number of carbonyl (C=O) groups excluding carboxylic acids is 1. The molecule has 0 saturated heterocycles. The van der Waals surface area contributed by atoms with Gasteiger partial charge in [0.15, 0.2) is 11.5 Å². The Kier molecular flexibility index (Phi) is 6.68. The van der Waals surface area contributed by atoms with E-state index in [0.29, 0.717) is 11.3 Å². The number of nitrogens with zero attached hydrogens (tertiary/aromatic N) is 1. The van der Waals surface area contributed by atoms with E-state index in [1.807, 2.05) is 12.3 Å². The van der Waals surface area contributed by atoms with Crippen molar-refractivity contribution in [2.24, 2.45) is 0 Å². The van der Waals surface area contributed by atoms with Gasteiger partial charge in [-0.15, -0.1) is 11.8 Å². The highest BCUT2D eigenvalue weighted by Crippen LogP contribution is 2.32. The maximum atomic E-state index is 13.0. The van der Waals surface area contributed by atoms with Crippen molar-refractivity contribution in [2.75, 3.05) is 24.7 Å². The van der Waals surface area contributed by atoms with E-state index in [4.69, 9.17) is 14.0 Å². The smallest absolute Gasteiger partial charge is 0.360 e. The van der Waals surface area contributed by atoms with Crippen LogP contribution < -0.4 is 9.46 Å². The van der Waals surface area contributed by atoms with Crippen molar-refractivity contribution >= 4 is 33.4 Å². The van der Waals surface area contributed by atoms with Gasteiger partial charge in [0.25, 0.3) is 10.0 Å². The summed E-state index contributed by atoms with van der Waals surface area (Å²) < 4.78 is 44.0. The predicted octanol–water partition coefficient (Wildman–Crippen LogP) is 4.05. The summed E-state index contributed by atoms with van der Waals surface area (Å²) in [4.78, 5) is 12.6. The van der Waals surface area contributed by atoms with Crippen molar-refractivity contribution in [1.82, 2.24) is 5.16 Å². The van der Waals surface area contributed by atoms with Gasteiger partial charge in [0.2, 0.25) is 0 Å². The molecule has 10 heteroatoms. The van der Waals surface area contributed by atoms with Gasteiger partial charge >= 0.3 is 5.97 Å². The van der Waals surface area contributed by atoms with Crippen LogP contribution >= 0.6 is 11.8 Å². The molecule has 3 rings (SSSR count). The van der Waals surface area contributed by atoms with Crippen LogP contribution in [0.3, 0.4) is 0 Å². The van der Waals surface area contributed by atoms with E-state index < -0.39 is 16.0 Å². The molecule has 0 atom stereocenters. The fraction of sp³-hybridized carbons (Fsp3) is 0.200. The van der Waals surface area contributed by atoms with Gasteiger partial charge in [-0.1, -0.05) is 11.2 Å². The largest absolute Gasteiger partial charge is 0.495 e. The summed E-state index contributed by atoms with van der Waals surface area (Å²) in [7, 11) is -2.58. The number of methoxy groups -OCH3 is 1. The van der Waals surface area contributed by atoms with E-state index in [0.717, 1.165) is 4.90 Å². The molecule has 158 valence electrons. The molecule has 0 aliphatic heterocycles. The van der Waals surface area contributed by atoms with Gasteiger partial charge in [0.05, 0.1) is 13.7 Å². The molecule has 1 N–H and O–H groups in total. The maximum Gasteiger partial charge on any atom is 0.360 e. The normalized spacial score (nSPS) is 11.2. The summed E-state index contributed by atoms with van der Waals surface area (Å²) in [5.41, 5.74) is 0.842. The fourth-order valence-electron chi connectivity index (χ4n) is 2.65. The van der Waals surface area contributed by atoms with Crippen LogP contribution in [0.2, 0.25) is 0 Å².